The lowest BCUT2D eigenvalue weighted by Gasteiger charge is -2.02. The van der Waals surface area contributed by atoms with Crippen molar-refractivity contribution in [2.75, 3.05) is 6.54 Å². The molecule has 0 fully saturated rings. The van der Waals surface area contributed by atoms with E-state index in [0.717, 1.165) is 13.1 Å². The van der Waals surface area contributed by atoms with Crippen molar-refractivity contribution in [3.8, 4) is 6.07 Å². The molecule has 0 amide bonds. The third-order valence-corrected chi connectivity index (χ3v) is 2.23. The first-order valence-electron chi connectivity index (χ1n) is 3.80. The minimum Gasteiger partial charge on any atom is -0.311 e. The van der Waals surface area contributed by atoms with Crippen LogP contribution in [0.25, 0.3) is 0 Å². The molecule has 1 N–H and O–H groups in total. The third-order valence-electron chi connectivity index (χ3n) is 1.45. The number of nitriles is 1. The SMILES string of the molecule is CC(C#N)CNCc1cncs1. The second kappa shape index (κ2) is 4.86. The van der Waals surface area contributed by atoms with Gasteiger partial charge in [-0.25, -0.2) is 0 Å². The first-order chi connectivity index (χ1) is 5.83. The van der Waals surface area contributed by atoms with Crippen molar-refractivity contribution in [3.63, 3.8) is 0 Å². The summed E-state index contributed by atoms with van der Waals surface area (Å²) in [6.45, 7) is 3.46. The molecule has 0 radical (unpaired) electrons. The Balaban J connectivity index is 2.16. The Bertz CT molecular complexity index is 250. The van der Waals surface area contributed by atoms with Crippen molar-refractivity contribution >= 4 is 11.3 Å². The zero-order valence-corrected chi connectivity index (χ0v) is 7.77. The van der Waals surface area contributed by atoms with E-state index in [1.807, 2.05) is 18.6 Å². The summed E-state index contributed by atoms with van der Waals surface area (Å²) in [5, 5.41) is 11.7. The van der Waals surface area contributed by atoms with E-state index in [-0.39, 0.29) is 5.92 Å². The van der Waals surface area contributed by atoms with Gasteiger partial charge >= 0.3 is 0 Å². The van der Waals surface area contributed by atoms with E-state index < -0.39 is 0 Å². The van der Waals surface area contributed by atoms with Crippen molar-refractivity contribution in [1.82, 2.24) is 10.3 Å². The molecular formula is C8H11N3S. The van der Waals surface area contributed by atoms with Gasteiger partial charge in [0.05, 0.1) is 17.5 Å². The maximum atomic E-state index is 8.49. The zero-order valence-electron chi connectivity index (χ0n) is 6.95. The van der Waals surface area contributed by atoms with Gasteiger partial charge in [0.2, 0.25) is 0 Å². The van der Waals surface area contributed by atoms with Gasteiger partial charge in [-0.05, 0) is 6.92 Å². The van der Waals surface area contributed by atoms with Crippen LogP contribution in [0.1, 0.15) is 11.8 Å². The fourth-order valence-electron chi connectivity index (χ4n) is 0.787. The second-order valence-corrected chi connectivity index (χ2v) is 3.60. The molecule has 0 saturated carbocycles. The first-order valence-corrected chi connectivity index (χ1v) is 4.68. The van der Waals surface area contributed by atoms with Crippen molar-refractivity contribution in [3.05, 3.63) is 16.6 Å². The number of hydrogen-bond acceptors (Lipinski definition) is 4. The second-order valence-electron chi connectivity index (χ2n) is 2.63. The molecule has 0 spiro atoms. The van der Waals surface area contributed by atoms with E-state index in [1.54, 1.807) is 11.3 Å². The van der Waals surface area contributed by atoms with Crippen molar-refractivity contribution < 1.29 is 0 Å². The molecule has 0 saturated heterocycles. The first kappa shape index (κ1) is 9.17. The third kappa shape index (κ3) is 2.99. The summed E-state index contributed by atoms with van der Waals surface area (Å²) in [7, 11) is 0. The molecule has 0 aliphatic heterocycles. The van der Waals surface area contributed by atoms with Crippen LogP contribution in [0.2, 0.25) is 0 Å². The molecule has 0 aromatic carbocycles. The Morgan fingerprint density at radius 3 is 3.25 bits per heavy atom. The van der Waals surface area contributed by atoms with Gasteiger partial charge in [0.25, 0.3) is 0 Å². The number of thiazole rings is 1. The van der Waals surface area contributed by atoms with Crippen LogP contribution < -0.4 is 5.32 Å². The van der Waals surface area contributed by atoms with Gasteiger partial charge in [0.1, 0.15) is 0 Å². The fourth-order valence-corrected chi connectivity index (χ4v) is 1.35. The van der Waals surface area contributed by atoms with Gasteiger partial charge < -0.3 is 5.32 Å². The molecule has 4 heteroatoms. The van der Waals surface area contributed by atoms with E-state index in [2.05, 4.69) is 16.4 Å². The number of aromatic nitrogens is 1. The summed E-state index contributed by atoms with van der Waals surface area (Å²) in [6.07, 6.45) is 1.84. The minimum atomic E-state index is 0.0814. The molecule has 3 nitrogen and oxygen atoms in total. The molecule has 1 heterocycles. The number of rotatable bonds is 4. The molecule has 1 unspecified atom stereocenters. The Morgan fingerprint density at radius 2 is 2.67 bits per heavy atom. The largest absolute Gasteiger partial charge is 0.311 e. The lowest BCUT2D eigenvalue weighted by Crippen LogP contribution is -2.19. The average molecular weight is 181 g/mol. The maximum absolute atomic E-state index is 8.49. The van der Waals surface area contributed by atoms with E-state index in [1.165, 1.54) is 4.88 Å². The summed E-state index contributed by atoms with van der Waals surface area (Å²) in [5.41, 5.74) is 1.81. The molecule has 0 aliphatic carbocycles. The Kier molecular flexibility index (Phi) is 3.71. The highest BCUT2D eigenvalue weighted by atomic mass is 32.1. The van der Waals surface area contributed by atoms with Gasteiger partial charge in [0, 0.05) is 24.2 Å². The van der Waals surface area contributed by atoms with Crippen LogP contribution in [0.3, 0.4) is 0 Å². The van der Waals surface area contributed by atoms with Crippen molar-refractivity contribution in [1.29, 1.82) is 5.26 Å². The predicted octanol–water partition coefficient (Wildman–Crippen LogP) is 1.39. The van der Waals surface area contributed by atoms with Gasteiger partial charge in [-0.2, -0.15) is 5.26 Å². The van der Waals surface area contributed by atoms with Crippen LogP contribution >= 0.6 is 11.3 Å². The van der Waals surface area contributed by atoms with Crippen LogP contribution in [-0.2, 0) is 6.54 Å². The molecule has 1 aromatic rings. The lowest BCUT2D eigenvalue weighted by atomic mass is 10.2. The normalized spacial score (nSPS) is 12.3. The molecule has 12 heavy (non-hydrogen) atoms. The highest BCUT2D eigenvalue weighted by Gasteiger charge is 1.98. The maximum Gasteiger partial charge on any atom is 0.0794 e. The molecule has 1 atom stereocenters. The Morgan fingerprint density at radius 1 is 1.83 bits per heavy atom. The quantitative estimate of drug-likeness (QED) is 0.763. The van der Waals surface area contributed by atoms with Crippen molar-refractivity contribution in [2.24, 2.45) is 5.92 Å². The number of nitrogens with zero attached hydrogens (tertiary/aromatic N) is 2. The predicted molar refractivity (Wildman–Crippen MR) is 48.6 cm³/mol. The van der Waals surface area contributed by atoms with Gasteiger partial charge in [0.15, 0.2) is 0 Å². The van der Waals surface area contributed by atoms with Gasteiger partial charge in [-0.3, -0.25) is 4.98 Å². The van der Waals surface area contributed by atoms with E-state index >= 15 is 0 Å². The molecule has 64 valence electrons. The van der Waals surface area contributed by atoms with Crippen LogP contribution in [-0.4, -0.2) is 11.5 Å². The summed E-state index contributed by atoms with van der Waals surface area (Å²) < 4.78 is 0. The number of nitrogens with one attached hydrogen (secondary N) is 1. The Labute approximate surface area is 76.1 Å². The molecule has 0 bridgehead atoms. The van der Waals surface area contributed by atoms with Crippen LogP contribution in [0, 0.1) is 17.2 Å². The van der Waals surface area contributed by atoms with Crippen LogP contribution in [0.15, 0.2) is 11.7 Å². The average Bonchev–Trinajstić information content (AvgIpc) is 2.57. The van der Waals surface area contributed by atoms with E-state index in [4.69, 9.17) is 5.26 Å². The standard InChI is InChI=1S/C8H11N3S/c1-7(2-9)3-10-4-8-5-11-6-12-8/h5-7,10H,3-4H2,1H3. The monoisotopic (exact) mass is 181 g/mol. The van der Waals surface area contributed by atoms with Crippen LogP contribution in [0.4, 0.5) is 0 Å². The molecular weight excluding hydrogens is 170 g/mol. The summed E-state index contributed by atoms with van der Waals surface area (Å²) in [5.74, 6) is 0.0814. The number of hydrogen-bond donors (Lipinski definition) is 1. The summed E-state index contributed by atoms with van der Waals surface area (Å²) in [4.78, 5) is 5.16. The van der Waals surface area contributed by atoms with E-state index in [9.17, 15) is 0 Å². The smallest absolute Gasteiger partial charge is 0.0794 e. The van der Waals surface area contributed by atoms with Gasteiger partial charge in [-0.15, -0.1) is 11.3 Å². The zero-order chi connectivity index (χ0) is 8.81. The fraction of sp³-hybridized carbons (Fsp3) is 0.500. The highest BCUT2D eigenvalue weighted by Crippen LogP contribution is 2.04. The molecule has 1 aromatic heterocycles. The minimum absolute atomic E-state index is 0.0814. The topological polar surface area (TPSA) is 48.7 Å². The van der Waals surface area contributed by atoms with Crippen LogP contribution in [0.5, 0.6) is 0 Å². The molecule has 0 aliphatic rings. The summed E-state index contributed by atoms with van der Waals surface area (Å²) in [6, 6.07) is 2.17. The highest BCUT2D eigenvalue weighted by molar-refractivity contribution is 7.09. The Hall–Kier alpha value is -0.920. The van der Waals surface area contributed by atoms with E-state index in [0.29, 0.717) is 0 Å². The molecule has 1 rings (SSSR count). The summed E-state index contributed by atoms with van der Waals surface area (Å²) >= 11 is 1.63. The lowest BCUT2D eigenvalue weighted by molar-refractivity contribution is 0.605. The van der Waals surface area contributed by atoms with Gasteiger partial charge in [-0.1, -0.05) is 0 Å². The van der Waals surface area contributed by atoms with Crippen molar-refractivity contribution in [2.45, 2.75) is 13.5 Å².